The SMILES string of the molecule is Cc1c(O)c(C)c(C(=O)Nc2c(N)n(-c3cccc(C(=O)O)c3)c(=O)n(C)c2=O)c2c1CC(C)(C)O2. The second-order valence-electron chi connectivity index (χ2n) is 9.37. The summed E-state index contributed by atoms with van der Waals surface area (Å²) in [5, 5.41) is 22.5. The molecule has 11 nitrogen and oxygen atoms in total. The van der Waals surface area contributed by atoms with E-state index >= 15 is 0 Å². The van der Waals surface area contributed by atoms with E-state index in [1.54, 1.807) is 13.8 Å². The highest BCUT2D eigenvalue weighted by Gasteiger charge is 2.37. The highest BCUT2D eigenvalue weighted by Crippen LogP contribution is 2.45. The molecule has 0 unspecified atom stereocenters. The standard InChI is InChI=1S/C25H26N4O7/c1-11-15-10-25(3,4)36-19(15)16(12(2)18(11)30)21(31)27-17-20(26)29(24(35)28(5)22(17)32)14-8-6-7-13(9-14)23(33)34/h6-9,30H,10,26H2,1-5H3,(H,27,31)(H,33,34). The molecular formula is C25H26N4O7. The van der Waals surface area contributed by atoms with E-state index in [-0.39, 0.29) is 39.6 Å². The molecule has 1 aliphatic rings. The number of phenols is 1. The van der Waals surface area contributed by atoms with Crippen molar-refractivity contribution in [2.75, 3.05) is 11.1 Å². The zero-order chi connectivity index (χ0) is 26.7. The molecule has 0 aliphatic carbocycles. The first kappa shape index (κ1) is 24.6. The molecule has 3 aromatic rings. The van der Waals surface area contributed by atoms with Crippen LogP contribution in [0.4, 0.5) is 11.5 Å². The summed E-state index contributed by atoms with van der Waals surface area (Å²) in [6.07, 6.45) is 0.469. The van der Waals surface area contributed by atoms with Gasteiger partial charge in [-0.05, 0) is 51.5 Å². The average Bonchev–Trinajstić information content (AvgIpc) is 3.14. The van der Waals surface area contributed by atoms with E-state index < -0.39 is 28.7 Å². The number of fused-ring (bicyclic) bond motifs is 1. The van der Waals surface area contributed by atoms with Gasteiger partial charge in [0.1, 0.15) is 28.6 Å². The van der Waals surface area contributed by atoms with Crippen molar-refractivity contribution in [3.63, 3.8) is 0 Å². The van der Waals surface area contributed by atoms with Crippen molar-refractivity contribution in [3.8, 4) is 17.2 Å². The van der Waals surface area contributed by atoms with E-state index in [9.17, 15) is 29.4 Å². The molecule has 4 rings (SSSR count). The summed E-state index contributed by atoms with van der Waals surface area (Å²) in [4.78, 5) is 50.7. The molecule has 36 heavy (non-hydrogen) atoms. The molecule has 11 heteroatoms. The Bertz CT molecular complexity index is 1580. The second kappa shape index (κ2) is 8.29. The number of aromatic hydroxyl groups is 1. The van der Waals surface area contributed by atoms with Crippen molar-refractivity contribution in [1.82, 2.24) is 9.13 Å². The summed E-state index contributed by atoms with van der Waals surface area (Å²) < 4.78 is 7.73. The molecule has 0 saturated carbocycles. The average molecular weight is 495 g/mol. The molecule has 0 saturated heterocycles. The normalized spacial score (nSPS) is 13.7. The minimum absolute atomic E-state index is 0.0470. The number of phenolic OH excluding ortho intramolecular Hbond substituents is 1. The second-order valence-corrected chi connectivity index (χ2v) is 9.37. The van der Waals surface area contributed by atoms with E-state index in [0.717, 1.165) is 9.13 Å². The van der Waals surface area contributed by atoms with Crippen LogP contribution in [0.5, 0.6) is 11.5 Å². The molecule has 5 N–H and O–H groups in total. The number of amides is 1. The van der Waals surface area contributed by atoms with Crippen LogP contribution in [0.15, 0.2) is 33.9 Å². The number of ether oxygens (including phenoxy) is 1. The summed E-state index contributed by atoms with van der Waals surface area (Å²) in [6.45, 7) is 7.01. The van der Waals surface area contributed by atoms with E-state index in [2.05, 4.69) is 5.32 Å². The number of carbonyl (C=O) groups excluding carboxylic acids is 1. The number of nitrogens with one attached hydrogen (secondary N) is 1. The number of nitrogens with two attached hydrogens (primary N) is 1. The Kier molecular flexibility index (Phi) is 5.66. The lowest BCUT2D eigenvalue weighted by Gasteiger charge is -2.20. The summed E-state index contributed by atoms with van der Waals surface area (Å²) in [6, 6.07) is 5.44. The lowest BCUT2D eigenvalue weighted by molar-refractivity contribution is 0.0696. The predicted molar refractivity (Wildman–Crippen MR) is 133 cm³/mol. The Labute approximate surface area is 205 Å². The van der Waals surface area contributed by atoms with Crippen molar-refractivity contribution in [1.29, 1.82) is 0 Å². The number of carboxylic acid groups (broad SMARTS) is 1. The van der Waals surface area contributed by atoms with Gasteiger partial charge in [0.25, 0.3) is 11.5 Å². The minimum atomic E-state index is -1.21. The van der Waals surface area contributed by atoms with Crippen molar-refractivity contribution < 1.29 is 24.5 Å². The van der Waals surface area contributed by atoms with Gasteiger partial charge in [0, 0.05) is 24.6 Å². The van der Waals surface area contributed by atoms with Gasteiger partial charge >= 0.3 is 11.7 Å². The molecule has 1 aliphatic heterocycles. The van der Waals surface area contributed by atoms with Gasteiger partial charge in [0.2, 0.25) is 0 Å². The van der Waals surface area contributed by atoms with Crippen molar-refractivity contribution in [2.24, 2.45) is 7.05 Å². The maximum absolute atomic E-state index is 13.5. The number of carboxylic acids is 1. The maximum atomic E-state index is 13.5. The number of aromatic carboxylic acids is 1. The van der Waals surface area contributed by atoms with Crippen LogP contribution in [-0.2, 0) is 13.5 Å². The van der Waals surface area contributed by atoms with Gasteiger partial charge in [-0.2, -0.15) is 0 Å². The molecule has 0 bridgehead atoms. The minimum Gasteiger partial charge on any atom is -0.507 e. The van der Waals surface area contributed by atoms with Crippen LogP contribution in [0.2, 0.25) is 0 Å². The van der Waals surface area contributed by atoms with Gasteiger partial charge in [-0.1, -0.05) is 6.07 Å². The van der Waals surface area contributed by atoms with Gasteiger partial charge in [-0.25, -0.2) is 14.2 Å². The number of nitrogens with zero attached hydrogens (tertiary/aromatic N) is 2. The van der Waals surface area contributed by atoms with Crippen LogP contribution in [0.1, 0.15) is 51.3 Å². The zero-order valence-electron chi connectivity index (χ0n) is 20.4. The van der Waals surface area contributed by atoms with Crippen LogP contribution < -0.4 is 27.0 Å². The predicted octanol–water partition coefficient (Wildman–Crippen LogP) is 2.10. The maximum Gasteiger partial charge on any atom is 0.337 e. The van der Waals surface area contributed by atoms with Crippen LogP contribution in [0, 0.1) is 13.8 Å². The quantitative estimate of drug-likeness (QED) is 0.428. The highest BCUT2D eigenvalue weighted by molar-refractivity contribution is 6.09. The number of hydrogen-bond acceptors (Lipinski definition) is 7. The molecule has 188 valence electrons. The van der Waals surface area contributed by atoms with Crippen molar-refractivity contribution in [3.05, 3.63) is 72.9 Å². The fraction of sp³-hybridized carbons (Fsp3) is 0.280. The molecule has 1 amide bonds. The Morgan fingerprint density at radius 2 is 1.83 bits per heavy atom. The first-order chi connectivity index (χ1) is 16.7. The number of hydrogen-bond donors (Lipinski definition) is 4. The molecular weight excluding hydrogens is 468 g/mol. The third-order valence-corrected chi connectivity index (χ3v) is 6.33. The van der Waals surface area contributed by atoms with E-state index in [4.69, 9.17) is 10.5 Å². The largest absolute Gasteiger partial charge is 0.507 e. The molecule has 0 spiro atoms. The van der Waals surface area contributed by atoms with Crippen molar-refractivity contribution >= 4 is 23.4 Å². The Morgan fingerprint density at radius 1 is 1.17 bits per heavy atom. The first-order valence-electron chi connectivity index (χ1n) is 11.1. The highest BCUT2D eigenvalue weighted by atomic mass is 16.5. The number of aromatic nitrogens is 2. The summed E-state index contributed by atoms with van der Waals surface area (Å²) in [5.41, 5.74) is 5.11. The fourth-order valence-corrected chi connectivity index (χ4v) is 4.42. The smallest absolute Gasteiger partial charge is 0.337 e. The number of benzene rings is 2. The monoisotopic (exact) mass is 494 g/mol. The number of rotatable bonds is 4. The molecule has 2 aromatic carbocycles. The summed E-state index contributed by atoms with van der Waals surface area (Å²) in [7, 11) is 1.21. The van der Waals surface area contributed by atoms with E-state index in [1.807, 2.05) is 13.8 Å². The molecule has 2 heterocycles. The molecule has 0 radical (unpaired) electrons. The topological polar surface area (TPSA) is 166 Å². The number of carbonyl (C=O) groups is 2. The van der Waals surface area contributed by atoms with E-state index in [1.165, 1.54) is 31.3 Å². The Morgan fingerprint density at radius 3 is 2.47 bits per heavy atom. The van der Waals surface area contributed by atoms with Gasteiger partial charge in [-0.3, -0.25) is 14.2 Å². The van der Waals surface area contributed by atoms with Gasteiger partial charge in [0.15, 0.2) is 0 Å². The lowest BCUT2D eigenvalue weighted by Crippen LogP contribution is -2.40. The van der Waals surface area contributed by atoms with Gasteiger partial charge in [-0.15, -0.1) is 0 Å². The van der Waals surface area contributed by atoms with Crippen LogP contribution in [0.3, 0.4) is 0 Å². The number of nitrogen functional groups attached to an aromatic ring is 1. The zero-order valence-corrected chi connectivity index (χ0v) is 20.4. The molecule has 0 fully saturated rings. The third-order valence-electron chi connectivity index (χ3n) is 6.33. The van der Waals surface area contributed by atoms with Gasteiger partial charge in [0.05, 0.1) is 16.8 Å². The third kappa shape index (κ3) is 3.78. The first-order valence-corrected chi connectivity index (χ1v) is 11.1. The summed E-state index contributed by atoms with van der Waals surface area (Å²) in [5.74, 6) is -2.11. The molecule has 0 atom stereocenters. The van der Waals surface area contributed by atoms with Gasteiger partial charge < -0.3 is 26.0 Å². The number of anilines is 2. The Balaban J connectivity index is 1.88. The Hall–Kier alpha value is -4.54. The summed E-state index contributed by atoms with van der Waals surface area (Å²) >= 11 is 0. The lowest BCUT2D eigenvalue weighted by atomic mass is 9.92. The van der Waals surface area contributed by atoms with Crippen LogP contribution in [0.25, 0.3) is 5.69 Å². The molecule has 1 aromatic heterocycles. The van der Waals surface area contributed by atoms with Crippen LogP contribution in [-0.4, -0.2) is 36.8 Å². The van der Waals surface area contributed by atoms with Crippen molar-refractivity contribution in [2.45, 2.75) is 39.7 Å². The van der Waals surface area contributed by atoms with Crippen LogP contribution >= 0.6 is 0 Å². The fourth-order valence-electron chi connectivity index (χ4n) is 4.42. The van der Waals surface area contributed by atoms with E-state index in [0.29, 0.717) is 23.3 Å².